The van der Waals surface area contributed by atoms with Gasteiger partial charge in [0.2, 0.25) is 0 Å². The molecule has 0 amide bonds. The van der Waals surface area contributed by atoms with Crippen molar-refractivity contribution < 1.29 is 10.2 Å². The molecule has 0 aromatic carbocycles. The van der Waals surface area contributed by atoms with Gasteiger partial charge in [-0.15, -0.1) is 6.58 Å². The van der Waals surface area contributed by atoms with Gasteiger partial charge >= 0.3 is 0 Å². The Morgan fingerprint density at radius 2 is 1.67 bits per heavy atom. The molecule has 2 atom stereocenters. The number of aliphatic hydroxyl groups excluding tert-OH is 2. The Balaban J connectivity index is 3.77. The zero-order valence-corrected chi connectivity index (χ0v) is 7.90. The average molecular weight is 173 g/mol. The minimum atomic E-state index is -0.358. The number of nitrogens with zero attached hydrogens (tertiary/aromatic N) is 1. The summed E-state index contributed by atoms with van der Waals surface area (Å²) >= 11 is 0. The minimum Gasteiger partial charge on any atom is -0.392 e. The van der Waals surface area contributed by atoms with E-state index in [1.165, 1.54) is 0 Å². The Bertz CT molecular complexity index is 114. The predicted molar refractivity (Wildman–Crippen MR) is 50.0 cm³/mol. The van der Waals surface area contributed by atoms with Crippen LogP contribution in [0.2, 0.25) is 0 Å². The maximum absolute atomic E-state index is 9.10. The molecule has 0 heterocycles. The lowest BCUT2D eigenvalue weighted by Crippen LogP contribution is -2.36. The molecule has 0 aromatic rings. The van der Waals surface area contributed by atoms with Gasteiger partial charge in [0.15, 0.2) is 0 Å². The monoisotopic (exact) mass is 173 g/mol. The highest BCUT2D eigenvalue weighted by atomic mass is 16.3. The maximum atomic E-state index is 9.10. The van der Waals surface area contributed by atoms with Crippen LogP contribution >= 0.6 is 0 Å². The highest BCUT2D eigenvalue weighted by molar-refractivity contribution is 4.75. The van der Waals surface area contributed by atoms with Gasteiger partial charge in [-0.3, -0.25) is 4.90 Å². The summed E-state index contributed by atoms with van der Waals surface area (Å²) in [6.45, 7) is 8.94. The van der Waals surface area contributed by atoms with Crippen LogP contribution in [0.4, 0.5) is 0 Å². The summed E-state index contributed by atoms with van der Waals surface area (Å²) in [6, 6.07) is 0. The summed E-state index contributed by atoms with van der Waals surface area (Å²) in [5, 5.41) is 18.2. The molecule has 72 valence electrons. The van der Waals surface area contributed by atoms with Crippen molar-refractivity contribution in [2.45, 2.75) is 26.1 Å². The van der Waals surface area contributed by atoms with Crippen molar-refractivity contribution in [1.29, 1.82) is 0 Å². The minimum absolute atomic E-state index is 0.358. The van der Waals surface area contributed by atoms with E-state index in [0.29, 0.717) is 19.6 Å². The molecule has 2 unspecified atom stereocenters. The summed E-state index contributed by atoms with van der Waals surface area (Å²) in [5.41, 5.74) is 0. The van der Waals surface area contributed by atoms with Crippen molar-refractivity contribution in [3.8, 4) is 0 Å². The largest absolute Gasteiger partial charge is 0.392 e. The standard InChI is InChI=1S/C9H19NO2/c1-4-5-10(6-8(2)11)7-9(3)12/h4,8-9,11-12H,1,5-7H2,2-3H3. The number of hydrogen-bond acceptors (Lipinski definition) is 3. The van der Waals surface area contributed by atoms with Gasteiger partial charge < -0.3 is 10.2 Å². The first-order valence-electron chi connectivity index (χ1n) is 4.25. The number of hydrogen-bond donors (Lipinski definition) is 2. The molecule has 0 bridgehead atoms. The summed E-state index contributed by atoms with van der Waals surface area (Å²) in [4.78, 5) is 1.96. The zero-order chi connectivity index (χ0) is 9.56. The number of rotatable bonds is 6. The molecule has 12 heavy (non-hydrogen) atoms. The van der Waals surface area contributed by atoms with Crippen LogP contribution < -0.4 is 0 Å². The highest BCUT2D eigenvalue weighted by Crippen LogP contribution is 1.95. The average Bonchev–Trinajstić information content (AvgIpc) is 1.84. The fourth-order valence-electron chi connectivity index (χ4n) is 1.15. The molecule has 0 saturated carbocycles. The third-order valence-electron chi connectivity index (χ3n) is 1.43. The van der Waals surface area contributed by atoms with Crippen molar-refractivity contribution in [2.24, 2.45) is 0 Å². The number of aliphatic hydroxyl groups is 2. The van der Waals surface area contributed by atoms with Gasteiger partial charge in [0.1, 0.15) is 0 Å². The van der Waals surface area contributed by atoms with E-state index < -0.39 is 0 Å². The maximum Gasteiger partial charge on any atom is 0.0639 e. The fourth-order valence-corrected chi connectivity index (χ4v) is 1.15. The van der Waals surface area contributed by atoms with E-state index in [0.717, 1.165) is 0 Å². The van der Waals surface area contributed by atoms with E-state index in [-0.39, 0.29) is 12.2 Å². The van der Waals surface area contributed by atoms with E-state index in [4.69, 9.17) is 10.2 Å². The third-order valence-corrected chi connectivity index (χ3v) is 1.43. The molecule has 0 aliphatic heterocycles. The molecule has 3 nitrogen and oxygen atoms in total. The summed E-state index contributed by atoms with van der Waals surface area (Å²) in [7, 11) is 0. The zero-order valence-electron chi connectivity index (χ0n) is 7.90. The van der Waals surface area contributed by atoms with Crippen molar-refractivity contribution in [3.63, 3.8) is 0 Å². The molecule has 0 aromatic heterocycles. The van der Waals surface area contributed by atoms with Gasteiger partial charge in [-0.2, -0.15) is 0 Å². The first-order valence-corrected chi connectivity index (χ1v) is 4.25. The quantitative estimate of drug-likeness (QED) is 0.565. The molecular weight excluding hydrogens is 154 g/mol. The second kappa shape index (κ2) is 6.17. The lowest BCUT2D eigenvalue weighted by Gasteiger charge is -2.23. The first-order chi connectivity index (χ1) is 5.56. The van der Waals surface area contributed by atoms with Crippen LogP contribution in [0.3, 0.4) is 0 Å². The van der Waals surface area contributed by atoms with Crippen molar-refractivity contribution in [2.75, 3.05) is 19.6 Å². The first kappa shape index (κ1) is 11.6. The second-order valence-electron chi connectivity index (χ2n) is 3.21. The predicted octanol–water partition coefficient (Wildman–Crippen LogP) is 0.236. The third kappa shape index (κ3) is 6.34. The van der Waals surface area contributed by atoms with Crippen molar-refractivity contribution in [3.05, 3.63) is 12.7 Å². The Hall–Kier alpha value is -0.380. The van der Waals surface area contributed by atoms with Crippen LogP contribution in [0.1, 0.15) is 13.8 Å². The van der Waals surface area contributed by atoms with E-state index in [9.17, 15) is 0 Å². The Morgan fingerprint density at radius 3 is 1.92 bits per heavy atom. The molecule has 0 rings (SSSR count). The van der Waals surface area contributed by atoms with Crippen molar-refractivity contribution in [1.82, 2.24) is 4.90 Å². The Labute approximate surface area is 74.3 Å². The molecule has 0 saturated heterocycles. The van der Waals surface area contributed by atoms with Crippen LogP contribution in [0.25, 0.3) is 0 Å². The Kier molecular flexibility index (Phi) is 5.98. The normalized spacial score (nSPS) is 16.1. The van der Waals surface area contributed by atoms with Crippen LogP contribution in [0, 0.1) is 0 Å². The lowest BCUT2D eigenvalue weighted by atomic mass is 10.3. The highest BCUT2D eigenvalue weighted by Gasteiger charge is 2.08. The van der Waals surface area contributed by atoms with E-state index in [1.54, 1.807) is 19.9 Å². The molecular formula is C9H19NO2. The van der Waals surface area contributed by atoms with Crippen LogP contribution in [-0.4, -0.2) is 47.0 Å². The van der Waals surface area contributed by atoms with Gasteiger partial charge in [-0.05, 0) is 13.8 Å². The van der Waals surface area contributed by atoms with Gasteiger partial charge in [0.25, 0.3) is 0 Å². The molecule has 0 spiro atoms. The van der Waals surface area contributed by atoms with Crippen LogP contribution in [0.5, 0.6) is 0 Å². The summed E-state index contributed by atoms with van der Waals surface area (Å²) in [6.07, 6.45) is 1.05. The van der Waals surface area contributed by atoms with Crippen molar-refractivity contribution >= 4 is 0 Å². The van der Waals surface area contributed by atoms with Gasteiger partial charge in [-0.1, -0.05) is 6.08 Å². The molecule has 0 fully saturated rings. The lowest BCUT2D eigenvalue weighted by molar-refractivity contribution is 0.0907. The molecule has 0 aliphatic rings. The van der Waals surface area contributed by atoms with Gasteiger partial charge in [0, 0.05) is 19.6 Å². The van der Waals surface area contributed by atoms with Gasteiger partial charge in [0.05, 0.1) is 12.2 Å². The van der Waals surface area contributed by atoms with E-state index >= 15 is 0 Å². The topological polar surface area (TPSA) is 43.7 Å². The smallest absolute Gasteiger partial charge is 0.0639 e. The van der Waals surface area contributed by atoms with Crippen LogP contribution in [-0.2, 0) is 0 Å². The molecule has 0 radical (unpaired) electrons. The van der Waals surface area contributed by atoms with Crippen LogP contribution in [0.15, 0.2) is 12.7 Å². The second-order valence-corrected chi connectivity index (χ2v) is 3.21. The van der Waals surface area contributed by atoms with E-state index in [2.05, 4.69) is 6.58 Å². The van der Waals surface area contributed by atoms with E-state index in [1.807, 2.05) is 4.90 Å². The molecule has 0 aliphatic carbocycles. The summed E-state index contributed by atoms with van der Waals surface area (Å²) in [5.74, 6) is 0. The molecule has 2 N–H and O–H groups in total. The summed E-state index contributed by atoms with van der Waals surface area (Å²) < 4.78 is 0. The van der Waals surface area contributed by atoms with Gasteiger partial charge in [-0.25, -0.2) is 0 Å². The Morgan fingerprint density at radius 1 is 1.25 bits per heavy atom. The fraction of sp³-hybridized carbons (Fsp3) is 0.778. The molecule has 3 heteroatoms. The SMILES string of the molecule is C=CCN(CC(C)O)CC(C)O.